The summed E-state index contributed by atoms with van der Waals surface area (Å²) >= 11 is 0. The third-order valence-corrected chi connectivity index (χ3v) is 4.80. The topological polar surface area (TPSA) is 110 Å². The number of aliphatic hydroxyl groups excluding tert-OH is 1. The summed E-state index contributed by atoms with van der Waals surface area (Å²) in [7, 11) is -3.87. The van der Waals surface area contributed by atoms with Gasteiger partial charge >= 0.3 is 0 Å². The van der Waals surface area contributed by atoms with Gasteiger partial charge in [0, 0.05) is 24.3 Å². The predicted octanol–water partition coefficient (Wildman–Crippen LogP) is 1.42. The highest BCUT2D eigenvalue weighted by Gasteiger charge is 2.29. The number of aliphatic hydroxyl groups is 1. The maximum atomic E-state index is 12.2. The van der Waals surface area contributed by atoms with Gasteiger partial charge in [-0.25, -0.2) is 13.1 Å². The zero-order valence-corrected chi connectivity index (χ0v) is 12.2. The third-order valence-electron chi connectivity index (χ3n) is 3.16. The van der Waals surface area contributed by atoms with E-state index in [4.69, 9.17) is 5.11 Å². The van der Waals surface area contributed by atoms with Crippen LogP contribution in [0.5, 0.6) is 0 Å². The Labute approximate surface area is 117 Å². The highest BCUT2D eigenvalue weighted by atomic mass is 32.2. The lowest BCUT2D eigenvalue weighted by Gasteiger charge is -2.28. The van der Waals surface area contributed by atoms with Gasteiger partial charge in [-0.3, -0.25) is 10.1 Å². The molecule has 0 radical (unpaired) electrons. The van der Waals surface area contributed by atoms with E-state index in [1.54, 1.807) is 13.8 Å². The van der Waals surface area contributed by atoms with Gasteiger partial charge in [0.2, 0.25) is 10.0 Å². The summed E-state index contributed by atoms with van der Waals surface area (Å²) in [5.74, 6) is 0. The maximum Gasteiger partial charge on any atom is 0.270 e. The van der Waals surface area contributed by atoms with Crippen LogP contribution in [-0.2, 0) is 10.0 Å². The van der Waals surface area contributed by atoms with E-state index in [1.165, 1.54) is 18.2 Å². The van der Waals surface area contributed by atoms with Crippen molar-refractivity contribution in [3.63, 3.8) is 0 Å². The lowest BCUT2D eigenvalue weighted by atomic mass is 9.97. The summed E-state index contributed by atoms with van der Waals surface area (Å²) in [6.07, 6.45) is 0.749. The Morgan fingerprint density at radius 3 is 2.60 bits per heavy atom. The molecule has 1 unspecified atom stereocenters. The number of hydrogen-bond donors (Lipinski definition) is 2. The highest BCUT2D eigenvalue weighted by molar-refractivity contribution is 7.89. The molecule has 0 aromatic heterocycles. The van der Waals surface area contributed by atoms with Crippen LogP contribution >= 0.6 is 0 Å². The molecule has 1 atom stereocenters. The van der Waals surface area contributed by atoms with E-state index < -0.39 is 20.5 Å². The SMILES string of the molecule is CCC(C)(CCO)NS(=O)(=O)c1cccc([N+](=O)[O-])c1. The average molecular weight is 302 g/mol. The van der Waals surface area contributed by atoms with Gasteiger partial charge in [-0.05, 0) is 25.8 Å². The molecular formula is C12H18N2O5S. The van der Waals surface area contributed by atoms with Crippen molar-refractivity contribution in [2.45, 2.75) is 37.1 Å². The summed E-state index contributed by atoms with van der Waals surface area (Å²) in [6, 6.07) is 4.86. The van der Waals surface area contributed by atoms with Crippen LogP contribution in [0, 0.1) is 10.1 Å². The van der Waals surface area contributed by atoms with E-state index in [0.29, 0.717) is 6.42 Å². The lowest BCUT2D eigenvalue weighted by Crippen LogP contribution is -2.46. The molecule has 1 aromatic carbocycles. The van der Waals surface area contributed by atoms with Gasteiger partial charge in [-0.15, -0.1) is 0 Å². The molecule has 0 heterocycles. The molecule has 0 spiro atoms. The summed E-state index contributed by atoms with van der Waals surface area (Å²) in [5.41, 5.74) is -1.08. The minimum atomic E-state index is -3.87. The van der Waals surface area contributed by atoms with E-state index in [-0.39, 0.29) is 23.6 Å². The second-order valence-electron chi connectivity index (χ2n) is 4.75. The van der Waals surface area contributed by atoms with E-state index >= 15 is 0 Å². The first-order valence-corrected chi connectivity index (χ1v) is 7.62. The molecule has 0 saturated heterocycles. The number of nitro benzene ring substituents is 1. The zero-order valence-electron chi connectivity index (χ0n) is 11.4. The van der Waals surface area contributed by atoms with E-state index in [2.05, 4.69) is 4.72 Å². The van der Waals surface area contributed by atoms with Gasteiger partial charge in [0.15, 0.2) is 0 Å². The molecule has 1 aromatic rings. The van der Waals surface area contributed by atoms with Crippen molar-refractivity contribution < 1.29 is 18.4 Å². The van der Waals surface area contributed by atoms with Crippen molar-refractivity contribution in [1.29, 1.82) is 0 Å². The molecule has 0 bridgehead atoms. The normalized spacial score (nSPS) is 14.8. The number of nitrogens with zero attached hydrogens (tertiary/aromatic N) is 1. The van der Waals surface area contributed by atoms with Crippen molar-refractivity contribution in [2.75, 3.05) is 6.61 Å². The van der Waals surface area contributed by atoms with Crippen molar-refractivity contribution in [2.24, 2.45) is 0 Å². The van der Waals surface area contributed by atoms with Crippen molar-refractivity contribution in [3.8, 4) is 0 Å². The summed E-state index contributed by atoms with van der Waals surface area (Å²) < 4.78 is 27.0. The number of benzene rings is 1. The number of sulfonamides is 1. The van der Waals surface area contributed by atoms with Gasteiger partial charge in [-0.2, -0.15) is 0 Å². The number of nitro groups is 1. The van der Waals surface area contributed by atoms with Crippen molar-refractivity contribution >= 4 is 15.7 Å². The fourth-order valence-electron chi connectivity index (χ4n) is 1.69. The molecule has 0 aliphatic heterocycles. The Morgan fingerprint density at radius 1 is 1.45 bits per heavy atom. The number of rotatable bonds is 7. The predicted molar refractivity (Wildman–Crippen MR) is 73.8 cm³/mol. The minimum Gasteiger partial charge on any atom is -0.396 e. The van der Waals surface area contributed by atoms with Crippen LogP contribution in [0.15, 0.2) is 29.2 Å². The second-order valence-corrected chi connectivity index (χ2v) is 6.43. The Hall–Kier alpha value is -1.51. The Kier molecular flexibility index (Phi) is 5.21. The van der Waals surface area contributed by atoms with Gasteiger partial charge in [0.05, 0.1) is 9.82 Å². The number of hydrogen-bond acceptors (Lipinski definition) is 5. The molecule has 1 rings (SSSR count). The van der Waals surface area contributed by atoms with E-state index in [9.17, 15) is 18.5 Å². The van der Waals surface area contributed by atoms with Crippen LogP contribution in [0.3, 0.4) is 0 Å². The second kappa shape index (κ2) is 6.29. The molecular weight excluding hydrogens is 284 g/mol. The molecule has 112 valence electrons. The minimum absolute atomic E-state index is 0.151. The quantitative estimate of drug-likeness (QED) is 0.585. The van der Waals surface area contributed by atoms with Gasteiger partial charge < -0.3 is 5.11 Å². The summed E-state index contributed by atoms with van der Waals surface area (Å²) in [5, 5.41) is 19.7. The molecule has 0 fully saturated rings. The molecule has 2 N–H and O–H groups in total. The Morgan fingerprint density at radius 2 is 2.10 bits per heavy atom. The molecule has 0 saturated carbocycles. The first-order valence-electron chi connectivity index (χ1n) is 6.13. The molecule has 8 heteroatoms. The van der Waals surface area contributed by atoms with Crippen molar-refractivity contribution in [3.05, 3.63) is 34.4 Å². The van der Waals surface area contributed by atoms with Crippen LogP contribution in [0.4, 0.5) is 5.69 Å². The maximum absolute atomic E-state index is 12.2. The fraction of sp³-hybridized carbons (Fsp3) is 0.500. The third kappa shape index (κ3) is 3.99. The Balaban J connectivity index is 3.11. The molecule has 0 aliphatic carbocycles. The lowest BCUT2D eigenvalue weighted by molar-refractivity contribution is -0.385. The van der Waals surface area contributed by atoms with E-state index in [1.807, 2.05) is 0 Å². The fourth-order valence-corrected chi connectivity index (χ4v) is 3.24. The summed E-state index contributed by atoms with van der Waals surface area (Å²) in [6.45, 7) is 3.32. The smallest absolute Gasteiger partial charge is 0.270 e. The van der Waals surface area contributed by atoms with Gasteiger partial charge in [0.1, 0.15) is 0 Å². The molecule has 20 heavy (non-hydrogen) atoms. The monoisotopic (exact) mass is 302 g/mol. The first kappa shape index (κ1) is 16.5. The van der Waals surface area contributed by atoms with Crippen LogP contribution in [0.2, 0.25) is 0 Å². The highest BCUT2D eigenvalue weighted by Crippen LogP contribution is 2.21. The molecule has 7 nitrogen and oxygen atoms in total. The van der Waals surface area contributed by atoms with Gasteiger partial charge in [-0.1, -0.05) is 13.0 Å². The van der Waals surface area contributed by atoms with Crippen molar-refractivity contribution in [1.82, 2.24) is 4.72 Å². The average Bonchev–Trinajstić information content (AvgIpc) is 2.38. The number of nitrogens with one attached hydrogen (secondary N) is 1. The standard InChI is InChI=1S/C12H18N2O5S/c1-3-12(2,7-8-15)13-20(18,19)11-6-4-5-10(9-11)14(16)17/h4-6,9,13,15H,3,7-8H2,1-2H3. The van der Waals surface area contributed by atoms with Crippen LogP contribution in [-0.4, -0.2) is 30.6 Å². The Bertz CT molecular complexity index is 587. The molecule has 0 aliphatic rings. The molecule has 0 amide bonds. The zero-order chi connectivity index (χ0) is 15.4. The number of non-ortho nitro benzene ring substituents is 1. The van der Waals surface area contributed by atoms with Crippen LogP contribution < -0.4 is 4.72 Å². The largest absolute Gasteiger partial charge is 0.396 e. The first-order chi connectivity index (χ1) is 9.24. The van der Waals surface area contributed by atoms with Crippen LogP contribution in [0.25, 0.3) is 0 Å². The van der Waals surface area contributed by atoms with Gasteiger partial charge in [0.25, 0.3) is 5.69 Å². The van der Waals surface area contributed by atoms with E-state index in [0.717, 1.165) is 6.07 Å². The summed E-state index contributed by atoms with van der Waals surface area (Å²) in [4.78, 5) is 9.87. The van der Waals surface area contributed by atoms with Crippen LogP contribution in [0.1, 0.15) is 26.7 Å².